The third-order valence-corrected chi connectivity index (χ3v) is 6.28. The van der Waals surface area contributed by atoms with E-state index in [9.17, 15) is 14.0 Å². The van der Waals surface area contributed by atoms with Crippen molar-refractivity contribution in [3.05, 3.63) is 88.2 Å². The van der Waals surface area contributed by atoms with Gasteiger partial charge >= 0.3 is 6.03 Å². The van der Waals surface area contributed by atoms with Crippen LogP contribution in [0.15, 0.2) is 60.7 Å². The highest BCUT2D eigenvalue weighted by atomic mass is 35.5. The summed E-state index contributed by atoms with van der Waals surface area (Å²) in [6.45, 7) is 0.465. The smallest absolute Gasteiger partial charge is 0.322 e. The number of nitrogens with zero attached hydrogens (tertiary/aromatic N) is 1. The van der Waals surface area contributed by atoms with Crippen molar-refractivity contribution < 1.29 is 23.5 Å². The van der Waals surface area contributed by atoms with Crippen LogP contribution in [0.1, 0.15) is 27.5 Å². The summed E-state index contributed by atoms with van der Waals surface area (Å²) in [4.78, 5) is 27.7. The first-order valence-electron chi connectivity index (χ1n) is 11.0. The maximum Gasteiger partial charge on any atom is 0.322 e. The molecule has 1 aliphatic heterocycles. The summed E-state index contributed by atoms with van der Waals surface area (Å²) in [7, 11) is 3.09. The molecule has 1 heterocycles. The number of rotatable bonds is 6. The maximum atomic E-state index is 14.2. The Morgan fingerprint density at radius 1 is 1.06 bits per heavy atom. The van der Waals surface area contributed by atoms with Crippen LogP contribution in [0.4, 0.5) is 14.9 Å². The van der Waals surface area contributed by atoms with E-state index in [0.717, 1.165) is 11.1 Å². The number of carbonyl (C=O) groups is 2. The molecule has 7 nitrogen and oxygen atoms in total. The zero-order valence-corrected chi connectivity index (χ0v) is 20.1. The number of halogens is 2. The highest BCUT2D eigenvalue weighted by molar-refractivity contribution is 6.33. The fraction of sp³-hybridized carbons (Fsp3) is 0.231. The number of carbonyl (C=O) groups excluding carboxylic acids is 2. The molecular weight excluding hydrogens is 473 g/mol. The van der Waals surface area contributed by atoms with E-state index in [0.29, 0.717) is 35.1 Å². The Morgan fingerprint density at radius 3 is 2.46 bits per heavy atom. The lowest BCUT2D eigenvalue weighted by Gasteiger charge is -2.38. The summed E-state index contributed by atoms with van der Waals surface area (Å²) in [6.07, 6.45) is 0.551. The number of nitrogens with one attached hydrogen (secondary N) is 2. The molecule has 4 rings (SSSR count). The Bertz CT molecular complexity index is 1250. The minimum absolute atomic E-state index is 0.0782. The van der Waals surface area contributed by atoms with Crippen LogP contribution >= 0.6 is 11.6 Å². The van der Waals surface area contributed by atoms with Crippen LogP contribution in [0, 0.1) is 5.82 Å². The van der Waals surface area contributed by atoms with E-state index < -0.39 is 17.9 Å². The van der Waals surface area contributed by atoms with E-state index >= 15 is 0 Å². The van der Waals surface area contributed by atoms with E-state index in [4.69, 9.17) is 21.1 Å². The second kappa shape index (κ2) is 10.7. The van der Waals surface area contributed by atoms with Gasteiger partial charge < -0.3 is 25.0 Å². The number of urea groups is 1. The molecule has 3 aromatic carbocycles. The van der Waals surface area contributed by atoms with Crippen molar-refractivity contribution in [3.8, 4) is 11.5 Å². The molecule has 0 spiro atoms. The van der Waals surface area contributed by atoms with Crippen LogP contribution in [0.3, 0.4) is 0 Å². The Morgan fingerprint density at radius 2 is 1.74 bits per heavy atom. The Kier molecular flexibility index (Phi) is 7.41. The van der Waals surface area contributed by atoms with Gasteiger partial charge in [-0.25, -0.2) is 9.18 Å². The fourth-order valence-corrected chi connectivity index (χ4v) is 4.39. The molecule has 0 fully saturated rings. The number of ether oxygens (including phenoxy) is 2. The average molecular weight is 498 g/mol. The molecule has 0 saturated carbocycles. The quantitative estimate of drug-likeness (QED) is 0.499. The number of anilines is 1. The number of benzene rings is 3. The van der Waals surface area contributed by atoms with Gasteiger partial charge in [-0.05, 0) is 53.9 Å². The predicted octanol–water partition coefficient (Wildman–Crippen LogP) is 5.06. The van der Waals surface area contributed by atoms with Gasteiger partial charge in [-0.2, -0.15) is 0 Å². The Hall–Kier alpha value is -3.78. The summed E-state index contributed by atoms with van der Waals surface area (Å²) < 4.78 is 25.1. The molecule has 2 N–H and O–H groups in total. The van der Waals surface area contributed by atoms with Gasteiger partial charge in [0.25, 0.3) is 5.91 Å². The highest BCUT2D eigenvalue weighted by Crippen LogP contribution is 2.38. The van der Waals surface area contributed by atoms with Gasteiger partial charge in [0.15, 0.2) is 11.5 Å². The molecule has 0 unspecified atom stereocenters. The number of amides is 3. The molecule has 3 aromatic rings. The van der Waals surface area contributed by atoms with Gasteiger partial charge in [-0.1, -0.05) is 35.9 Å². The average Bonchev–Trinajstić information content (AvgIpc) is 2.87. The number of methoxy groups -OCH3 is 2. The molecule has 3 amide bonds. The van der Waals surface area contributed by atoms with Gasteiger partial charge in [-0.3, -0.25) is 4.79 Å². The minimum atomic E-state index is -0.545. The van der Waals surface area contributed by atoms with Crippen molar-refractivity contribution in [1.82, 2.24) is 10.2 Å². The second-order valence-electron chi connectivity index (χ2n) is 7.97. The first-order valence-corrected chi connectivity index (χ1v) is 11.4. The molecule has 0 radical (unpaired) electrons. The summed E-state index contributed by atoms with van der Waals surface area (Å²) >= 11 is 6.18. The molecule has 0 bridgehead atoms. The molecular formula is C26H25ClFN3O4. The van der Waals surface area contributed by atoms with Crippen LogP contribution in [-0.4, -0.2) is 44.1 Å². The number of hydrogen-bond donors (Lipinski definition) is 2. The lowest BCUT2D eigenvalue weighted by Crippen LogP contribution is -2.47. The lowest BCUT2D eigenvalue weighted by atomic mass is 9.91. The van der Waals surface area contributed by atoms with Crippen molar-refractivity contribution in [3.63, 3.8) is 0 Å². The molecule has 9 heteroatoms. The SMILES string of the molecule is COc1cc2c(cc1OC)[C@@H](CNC(=O)c1ccccc1Cl)N(C(=O)Nc1ccccc1F)CC2. The zero-order chi connectivity index (χ0) is 24.9. The third kappa shape index (κ3) is 5.17. The van der Waals surface area contributed by atoms with Crippen molar-refractivity contribution in [2.24, 2.45) is 0 Å². The van der Waals surface area contributed by atoms with E-state index in [1.165, 1.54) is 19.2 Å². The van der Waals surface area contributed by atoms with Crippen LogP contribution < -0.4 is 20.1 Å². The normalized spacial score (nSPS) is 14.6. The van der Waals surface area contributed by atoms with Crippen molar-refractivity contribution >= 4 is 29.2 Å². The Balaban J connectivity index is 1.65. The third-order valence-electron chi connectivity index (χ3n) is 5.95. The largest absolute Gasteiger partial charge is 0.493 e. The van der Waals surface area contributed by atoms with Gasteiger partial charge in [0.1, 0.15) is 5.82 Å². The molecule has 0 aliphatic carbocycles. The molecule has 182 valence electrons. The zero-order valence-electron chi connectivity index (χ0n) is 19.3. The standard InChI is InChI=1S/C26H25ClFN3O4/c1-34-23-13-16-11-12-31(26(33)30-21-10-6-5-9-20(21)28)22(18(16)14-24(23)35-2)15-29-25(32)17-7-3-4-8-19(17)27/h3-10,13-14,22H,11-12,15H2,1-2H3,(H,29,32)(H,30,33)/t22-/m1/s1. The number of hydrogen-bond acceptors (Lipinski definition) is 4. The van der Waals surface area contributed by atoms with Crippen LogP contribution in [0.25, 0.3) is 0 Å². The first kappa shape index (κ1) is 24.3. The highest BCUT2D eigenvalue weighted by Gasteiger charge is 2.33. The molecule has 1 aliphatic rings. The first-order chi connectivity index (χ1) is 16.9. The van der Waals surface area contributed by atoms with E-state index in [2.05, 4.69) is 10.6 Å². The predicted molar refractivity (Wildman–Crippen MR) is 132 cm³/mol. The second-order valence-corrected chi connectivity index (χ2v) is 8.37. The topological polar surface area (TPSA) is 79.9 Å². The fourth-order valence-electron chi connectivity index (χ4n) is 4.17. The van der Waals surface area contributed by atoms with E-state index in [-0.39, 0.29) is 18.1 Å². The monoisotopic (exact) mass is 497 g/mol. The van der Waals surface area contributed by atoms with Gasteiger partial charge in [0.2, 0.25) is 0 Å². The van der Waals surface area contributed by atoms with Gasteiger partial charge in [-0.15, -0.1) is 0 Å². The molecule has 35 heavy (non-hydrogen) atoms. The number of fused-ring (bicyclic) bond motifs is 1. The van der Waals surface area contributed by atoms with Crippen LogP contribution in [-0.2, 0) is 6.42 Å². The summed E-state index contributed by atoms with van der Waals surface area (Å²) in [6, 6.07) is 15.4. The summed E-state index contributed by atoms with van der Waals surface area (Å²) in [5.74, 6) is 0.185. The van der Waals surface area contributed by atoms with Gasteiger partial charge in [0.05, 0.1) is 36.5 Å². The molecule has 0 aromatic heterocycles. The maximum absolute atomic E-state index is 14.2. The van der Waals surface area contributed by atoms with Crippen molar-refractivity contribution in [2.75, 3.05) is 32.6 Å². The summed E-state index contributed by atoms with van der Waals surface area (Å²) in [5.41, 5.74) is 2.18. The summed E-state index contributed by atoms with van der Waals surface area (Å²) in [5, 5.41) is 5.86. The van der Waals surface area contributed by atoms with Crippen LogP contribution in [0.5, 0.6) is 11.5 Å². The Labute approximate surface area is 207 Å². The van der Waals surface area contributed by atoms with Gasteiger partial charge in [0, 0.05) is 13.1 Å². The van der Waals surface area contributed by atoms with Crippen molar-refractivity contribution in [1.29, 1.82) is 0 Å². The minimum Gasteiger partial charge on any atom is -0.493 e. The van der Waals surface area contributed by atoms with Crippen molar-refractivity contribution in [2.45, 2.75) is 12.5 Å². The number of para-hydroxylation sites is 1. The van der Waals surface area contributed by atoms with Crippen LogP contribution in [0.2, 0.25) is 5.02 Å². The molecule has 1 atom stereocenters. The molecule has 0 saturated heterocycles. The lowest BCUT2D eigenvalue weighted by molar-refractivity contribution is 0.0936. The van der Waals surface area contributed by atoms with E-state index in [1.54, 1.807) is 48.4 Å². The van der Waals surface area contributed by atoms with E-state index in [1.807, 2.05) is 12.1 Å².